The van der Waals surface area contributed by atoms with Crippen LogP contribution < -0.4 is 21.7 Å². The van der Waals surface area contributed by atoms with Gasteiger partial charge in [-0.15, -0.1) is 0 Å². The molecule has 15 nitrogen and oxygen atoms in total. The number of imide groups is 1. The molecule has 0 saturated carbocycles. The number of esters is 1. The Balaban J connectivity index is 1.91. The number of nitrogens with two attached hydrogens (primary N) is 1. The van der Waals surface area contributed by atoms with E-state index in [4.69, 9.17) is 15.2 Å². The number of alkyl carbamates (subject to hydrolysis) is 1. The van der Waals surface area contributed by atoms with Crippen molar-refractivity contribution in [3.8, 4) is 5.75 Å². The van der Waals surface area contributed by atoms with E-state index < -0.39 is 72.3 Å². The second-order valence-corrected chi connectivity index (χ2v) is 12.8. The maximum Gasteiger partial charge on any atom is 0.407 e. The fraction of sp³-hybridized carbons (Fsp3) is 0.514. The maximum atomic E-state index is 13.8. The van der Waals surface area contributed by atoms with Gasteiger partial charge in [-0.25, -0.2) is 9.59 Å². The van der Waals surface area contributed by atoms with Gasteiger partial charge in [-0.1, -0.05) is 62.7 Å². The average molecular weight is 728 g/mol. The monoisotopic (exact) mass is 727 g/mol. The lowest BCUT2D eigenvalue weighted by Gasteiger charge is -2.34. The third kappa shape index (κ3) is 14.7. The number of ether oxygens (including phenoxy) is 2. The van der Waals surface area contributed by atoms with E-state index in [1.807, 2.05) is 30.3 Å². The molecule has 15 heteroatoms. The van der Waals surface area contributed by atoms with Crippen LogP contribution in [0.4, 0.5) is 4.79 Å². The molecule has 2 aromatic carbocycles. The Morgan fingerprint density at radius 3 is 2.15 bits per heavy atom. The van der Waals surface area contributed by atoms with E-state index in [2.05, 4.69) is 16.0 Å². The summed E-state index contributed by atoms with van der Waals surface area (Å²) in [6.45, 7) is 3.88. The predicted molar refractivity (Wildman–Crippen MR) is 191 cm³/mol. The Morgan fingerprint density at radius 2 is 1.54 bits per heavy atom. The van der Waals surface area contributed by atoms with E-state index >= 15 is 0 Å². The SMILES string of the molecule is COC(=O)C(C(C)C)N(C(=O)CCCCCc1ccc(O)cc1)C(=O)C(N)C(CO)CNC(=O)[C@H](C)NC(=O)CCNC(=O)OCc1ccccc1. The topological polar surface area (TPSA) is 227 Å². The van der Waals surface area contributed by atoms with Crippen LogP contribution in [0.15, 0.2) is 54.6 Å². The van der Waals surface area contributed by atoms with Crippen molar-refractivity contribution in [2.45, 2.75) is 84.0 Å². The zero-order valence-corrected chi connectivity index (χ0v) is 30.3. The number of hydrogen-bond acceptors (Lipinski definition) is 11. The van der Waals surface area contributed by atoms with Crippen LogP contribution in [-0.4, -0.2) is 95.7 Å². The van der Waals surface area contributed by atoms with E-state index in [0.717, 1.165) is 36.0 Å². The molecule has 0 radical (unpaired) electrons. The van der Waals surface area contributed by atoms with Crippen LogP contribution in [0.5, 0.6) is 5.75 Å². The third-order valence-corrected chi connectivity index (χ3v) is 8.32. The minimum Gasteiger partial charge on any atom is -0.508 e. The van der Waals surface area contributed by atoms with Crippen molar-refractivity contribution in [1.29, 1.82) is 0 Å². The molecule has 0 aliphatic rings. The number of nitrogens with one attached hydrogen (secondary N) is 3. The van der Waals surface area contributed by atoms with E-state index in [1.165, 1.54) is 6.92 Å². The number of phenols is 1. The summed E-state index contributed by atoms with van der Waals surface area (Å²) in [6, 6.07) is 12.2. The van der Waals surface area contributed by atoms with Crippen LogP contribution in [0.25, 0.3) is 0 Å². The molecule has 2 aromatic rings. The van der Waals surface area contributed by atoms with E-state index in [9.17, 15) is 39.0 Å². The second kappa shape index (κ2) is 22.7. The zero-order valence-electron chi connectivity index (χ0n) is 30.3. The number of aromatic hydroxyl groups is 1. The quantitative estimate of drug-likeness (QED) is 0.0804. The molecule has 4 atom stereocenters. The van der Waals surface area contributed by atoms with Gasteiger partial charge in [-0.3, -0.25) is 24.1 Å². The Bertz CT molecular complexity index is 1450. The number of carbonyl (C=O) groups is 6. The van der Waals surface area contributed by atoms with Crippen LogP contribution in [0.1, 0.15) is 64.0 Å². The van der Waals surface area contributed by atoms with E-state index in [0.29, 0.717) is 12.8 Å². The number of aliphatic hydroxyl groups is 1. The number of benzene rings is 2. The summed E-state index contributed by atoms with van der Waals surface area (Å²) in [5.74, 6) is -4.86. The number of amides is 5. The second-order valence-electron chi connectivity index (χ2n) is 12.8. The van der Waals surface area contributed by atoms with Gasteiger partial charge in [0.2, 0.25) is 23.6 Å². The first-order valence-electron chi connectivity index (χ1n) is 17.4. The Kier molecular flexibility index (Phi) is 18.9. The van der Waals surface area contributed by atoms with Crippen LogP contribution in [0, 0.1) is 11.8 Å². The normalized spacial score (nSPS) is 13.2. The number of hydrogen-bond donors (Lipinski definition) is 6. The van der Waals surface area contributed by atoms with Gasteiger partial charge in [0.1, 0.15) is 24.4 Å². The number of aryl methyl sites for hydroxylation is 1. The molecule has 0 aliphatic heterocycles. The Labute approximate surface area is 304 Å². The highest BCUT2D eigenvalue weighted by atomic mass is 16.5. The summed E-state index contributed by atoms with van der Waals surface area (Å²) in [6.07, 6.45) is 1.70. The number of phenolic OH excluding ortho intramolecular Hbond substituents is 1. The van der Waals surface area contributed by atoms with Crippen LogP contribution in [0.2, 0.25) is 0 Å². The first-order valence-corrected chi connectivity index (χ1v) is 17.4. The molecule has 0 saturated heterocycles. The fourth-order valence-electron chi connectivity index (χ4n) is 5.26. The molecule has 0 aromatic heterocycles. The summed E-state index contributed by atoms with van der Waals surface area (Å²) in [7, 11) is 1.15. The molecule has 2 rings (SSSR count). The largest absolute Gasteiger partial charge is 0.508 e. The minimum absolute atomic E-state index is 0.0324. The predicted octanol–water partition coefficient (Wildman–Crippen LogP) is 1.92. The van der Waals surface area contributed by atoms with Crippen molar-refractivity contribution in [3.63, 3.8) is 0 Å². The highest BCUT2D eigenvalue weighted by molar-refractivity contribution is 6.01. The summed E-state index contributed by atoms with van der Waals surface area (Å²) in [5.41, 5.74) is 8.12. The van der Waals surface area contributed by atoms with Crippen molar-refractivity contribution in [2.75, 3.05) is 26.8 Å². The van der Waals surface area contributed by atoms with Gasteiger partial charge >= 0.3 is 12.1 Å². The standard InChI is InChI=1S/C37H53N5O10/c1-24(2)33(36(49)51-4)42(31(46)14-10-6-7-11-26-15-17-29(44)18-16-26)35(48)32(38)28(22-43)21-40-34(47)25(3)41-30(45)19-20-39-37(50)52-23-27-12-8-5-9-13-27/h5,8-9,12-13,15-18,24-25,28,32-33,43-44H,6-7,10-11,14,19-23,38H2,1-4H3,(H,39,50)(H,40,47)(H,41,45)/t25-,28?,32?,33?/m0/s1. The van der Waals surface area contributed by atoms with Crippen molar-refractivity contribution in [1.82, 2.24) is 20.9 Å². The number of nitrogens with zero attached hydrogens (tertiary/aromatic N) is 1. The number of methoxy groups -OCH3 is 1. The molecular formula is C37H53N5O10. The van der Waals surface area contributed by atoms with Crippen LogP contribution in [-0.2, 0) is 46.5 Å². The fourth-order valence-corrected chi connectivity index (χ4v) is 5.26. The van der Waals surface area contributed by atoms with Gasteiger partial charge < -0.3 is 41.4 Å². The van der Waals surface area contributed by atoms with Gasteiger partial charge in [-0.05, 0) is 55.4 Å². The van der Waals surface area contributed by atoms with Gasteiger partial charge in [0.05, 0.1) is 13.2 Å². The van der Waals surface area contributed by atoms with Crippen molar-refractivity contribution in [3.05, 3.63) is 65.7 Å². The lowest BCUT2D eigenvalue weighted by Crippen LogP contribution is -2.59. The molecule has 0 fully saturated rings. The molecule has 0 heterocycles. The average Bonchev–Trinajstić information content (AvgIpc) is 3.13. The highest BCUT2D eigenvalue weighted by Gasteiger charge is 2.41. The lowest BCUT2D eigenvalue weighted by molar-refractivity contribution is -0.163. The lowest BCUT2D eigenvalue weighted by atomic mass is 9.95. The van der Waals surface area contributed by atoms with Gasteiger partial charge in [0.15, 0.2) is 0 Å². The van der Waals surface area contributed by atoms with E-state index in [-0.39, 0.29) is 38.3 Å². The minimum atomic E-state index is -1.48. The molecular weight excluding hydrogens is 674 g/mol. The summed E-state index contributed by atoms with van der Waals surface area (Å²) in [5, 5.41) is 27.1. The molecule has 52 heavy (non-hydrogen) atoms. The summed E-state index contributed by atoms with van der Waals surface area (Å²) < 4.78 is 10.0. The van der Waals surface area contributed by atoms with Crippen LogP contribution >= 0.6 is 0 Å². The smallest absolute Gasteiger partial charge is 0.407 e. The first-order chi connectivity index (χ1) is 24.8. The molecule has 0 aliphatic carbocycles. The number of aliphatic hydroxyl groups excluding tert-OH is 1. The molecule has 0 spiro atoms. The number of rotatable bonds is 21. The Morgan fingerprint density at radius 1 is 0.865 bits per heavy atom. The molecule has 5 amide bonds. The number of carbonyl (C=O) groups excluding carboxylic acids is 6. The zero-order chi connectivity index (χ0) is 38.6. The maximum absolute atomic E-state index is 13.8. The molecule has 3 unspecified atom stereocenters. The van der Waals surface area contributed by atoms with Crippen LogP contribution in [0.3, 0.4) is 0 Å². The third-order valence-electron chi connectivity index (χ3n) is 8.32. The van der Waals surface area contributed by atoms with Crippen molar-refractivity contribution in [2.24, 2.45) is 17.6 Å². The summed E-state index contributed by atoms with van der Waals surface area (Å²) in [4.78, 5) is 77.9. The molecule has 286 valence electrons. The molecule has 7 N–H and O–H groups in total. The highest BCUT2D eigenvalue weighted by Crippen LogP contribution is 2.20. The van der Waals surface area contributed by atoms with Gasteiger partial charge in [0.25, 0.3) is 0 Å². The van der Waals surface area contributed by atoms with E-state index in [1.54, 1.807) is 38.1 Å². The van der Waals surface area contributed by atoms with Gasteiger partial charge in [0, 0.05) is 38.5 Å². The Hall–Kier alpha value is -5.02. The van der Waals surface area contributed by atoms with Gasteiger partial charge in [-0.2, -0.15) is 0 Å². The molecule has 0 bridgehead atoms. The van der Waals surface area contributed by atoms with Crippen molar-refractivity contribution < 1.29 is 48.5 Å². The summed E-state index contributed by atoms with van der Waals surface area (Å²) >= 11 is 0. The van der Waals surface area contributed by atoms with Crippen molar-refractivity contribution >= 4 is 35.7 Å². The first kappa shape index (κ1) is 43.1. The number of unbranched alkanes of at least 4 members (excludes halogenated alkanes) is 2.